The van der Waals surface area contributed by atoms with Gasteiger partial charge in [-0.2, -0.15) is 0 Å². The third kappa shape index (κ3) is 3.80. The highest BCUT2D eigenvalue weighted by Gasteiger charge is 2.12. The van der Waals surface area contributed by atoms with E-state index in [1.165, 1.54) is 5.56 Å². The van der Waals surface area contributed by atoms with Crippen molar-refractivity contribution in [2.45, 2.75) is 33.1 Å². The first kappa shape index (κ1) is 17.4. The molecule has 3 rings (SSSR count). The van der Waals surface area contributed by atoms with Crippen LogP contribution >= 0.6 is 11.6 Å². The molecule has 2 aromatic carbocycles. The van der Waals surface area contributed by atoms with Crippen LogP contribution in [0.1, 0.15) is 30.0 Å². The predicted octanol–water partition coefficient (Wildman–Crippen LogP) is 5.50. The summed E-state index contributed by atoms with van der Waals surface area (Å²) < 4.78 is 6.02. The molecule has 1 aromatic heterocycles. The van der Waals surface area contributed by atoms with Crippen LogP contribution in [0.4, 0.5) is 0 Å². The van der Waals surface area contributed by atoms with Crippen LogP contribution in [0.15, 0.2) is 36.5 Å². The summed E-state index contributed by atoms with van der Waals surface area (Å²) in [6, 6.07) is 9.35. The number of rotatable bonds is 6. The zero-order valence-corrected chi connectivity index (χ0v) is 15.0. The Morgan fingerprint density at radius 2 is 2.08 bits per heavy atom. The van der Waals surface area contributed by atoms with Crippen molar-refractivity contribution < 1.29 is 14.6 Å². The van der Waals surface area contributed by atoms with Crippen molar-refractivity contribution in [2.24, 2.45) is 0 Å². The van der Waals surface area contributed by atoms with Gasteiger partial charge >= 0.3 is 5.97 Å². The Hall–Kier alpha value is -2.46. The minimum atomic E-state index is -0.884. The average molecular weight is 358 g/mol. The Kier molecular flexibility index (Phi) is 5.00. The second kappa shape index (κ2) is 7.19. The third-order valence-electron chi connectivity index (χ3n) is 4.12. The molecule has 0 fully saturated rings. The third-order valence-corrected chi connectivity index (χ3v) is 4.40. The van der Waals surface area contributed by atoms with E-state index in [9.17, 15) is 4.79 Å². The number of halogens is 1. The van der Waals surface area contributed by atoms with E-state index >= 15 is 0 Å². The summed E-state index contributed by atoms with van der Waals surface area (Å²) in [5.41, 5.74) is 3.82. The molecular formula is C20H20ClNO3. The second-order valence-corrected chi connectivity index (χ2v) is 6.57. The maximum Gasteiger partial charge on any atom is 0.307 e. The van der Waals surface area contributed by atoms with Gasteiger partial charge in [0.15, 0.2) is 0 Å². The zero-order chi connectivity index (χ0) is 18.0. The molecule has 2 N–H and O–H groups in total. The standard InChI is InChI=1S/C20H20ClNO3/c1-3-4-14-11-22-18-6-5-15(10-16(14)18)25-20-12(2)7-13(8-17(20)21)9-19(23)24/h5-8,10-11,22H,3-4,9H2,1-2H3,(H,23,24). The van der Waals surface area contributed by atoms with Gasteiger partial charge in [0, 0.05) is 17.1 Å². The van der Waals surface area contributed by atoms with Crippen molar-refractivity contribution in [1.82, 2.24) is 4.98 Å². The van der Waals surface area contributed by atoms with E-state index < -0.39 is 5.97 Å². The van der Waals surface area contributed by atoms with E-state index in [0.717, 1.165) is 29.3 Å². The van der Waals surface area contributed by atoms with Gasteiger partial charge in [0.25, 0.3) is 0 Å². The fraction of sp³-hybridized carbons (Fsp3) is 0.250. The van der Waals surface area contributed by atoms with Crippen molar-refractivity contribution in [3.8, 4) is 11.5 Å². The molecule has 0 aliphatic carbocycles. The molecule has 0 unspecified atom stereocenters. The van der Waals surface area contributed by atoms with Crippen molar-refractivity contribution >= 4 is 28.5 Å². The van der Waals surface area contributed by atoms with Crippen LogP contribution in [-0.2, 0) is 17.6 Å². The monoisotopic (exact) mass is 357 g/mol. The van der Waals surface area contributed by atoms with E-state index in [4.69, 9.17) is 21.4 Å². The number of aryl methyl sites for hydroxylation is 2. The van der Waals surface area contributed by atoms with Gasteiger partial charge in [-0.15, -0.1) is 0 Å². The molecule has 0 saturated carbocycles. The zero-order valence-electron chi connectivity index (χ0n) is 14.2. The molecule has 0 spiro atoms. The fourth-order valence-corrected chi connectivity index (χ4v) is 3.35. The molecule has 5 heteroatoms. The first-order chi connectivity index (χ1) is 12.0. The minimum absolute atomic E-state index is 0.0590. The molecule has 0 aliphatic rings. The average Bonchev–Trinajstić information content (AvgIpc) is 2.93. The molecule has 130 valence electrons. The Balaban J connectivity index is 1.92. The number of carboxylic acid groups (broad SMARTS) is 1. The normalized spacial score (nSPS) is 11.0. The van der Waals surface area contributed by atoms with Gasteiger partial charge in [-0.05, 0) is 54.3 Å². The van der Waals surface area contributed by atoms with Gasteiger partial charge in [0.05, 0.1) is 11.4 Å². The highest BCUT2D eigenvalue weighted by molar-refractivity contribution is 6.32. The summed E-state index contributed by atoms with van der Waals surface area (Å²) in [5.74, 6) is 0.383. The lowest BCUT2D eigenvalue weighted by molar-refractivity contribution is -0.136. The Bertz CT molecular complexity index is 907. The van der Waals surface area contributed by atoms with E-state index in [1.54, 1.807) is 12.1 Å². The van der Waals surface area contributed by atoms with Crippen LogP contribution in [0, 0.1) is 6.92 Å². The van der Waals surface area contributed by atoms with Crippen LogP contribution in [-0.4, -0.2) is 16.1 Å². The summed E-state index contributed by atoms with van der Waals surface area (Å²) in [7, 11) is 0. The van der Waals surface area contributed by atoms with Crippen molar-refractivity contribution in [3.05, 3.63) is 58.2 Å². The molecule has 0 saturated heterocycles. The maximum absolute atomic E-state index is 10.9. The number of carboxylic acids is 1. The highest BCUT2D eigenvalue weighted by atomic mass is 35.5. The summed E-state index contributed by atoms with van der Waals surface area (Å²) in [6.07, 6.45) is 4.06. The van der Waals surface area contributed by atoms with E-state index in [2.05, 4.69) is 11.9 Å². The smallest absolute Gasteiger partial charge is 0.307 e. The number of aromatic amines is 1. The maximum atomic E-state index is 10.9. The molecule has 0 atom stereocenters. The summed E-state index contributed by atoms with van der Waals surface area (Å²) in [6.45, 7) is 4.02. The number of benzene rings is 2. The number of hydrogen-bond donors (Lipinski definition) is 2. The molecule has 0 amide bonds. The minimum Gasteiger partial charge on any atom is -0.481 e. The Labute approximate surface area is 151 Å². The number of carbonyl (C=O) groups is 1. The molecule has 0 aliphatic heterocycles. The topological polar surface area (TPSA) is 62.3 Å². The predicted molar refractivity (Wildman–Crippen MR) is 99.9 cm³/mol. The number of fused-ring (bicyclic) bond motifs is 1. The highest BCUT2D eigenvalue weighted by Crippen LogP contribution is 2.35. The number of aromatic nitrogens is 1. The first-order valence-corrected chi connectivity index (χ1v) is 8.64. The Morgan fingerprint density at radius 1 is 1.28 bits per heavy atom. The van der Waals surface area contributed by atoms with E-state index in [1.807, 2.05) is 31.3 Å². The fourth-order valence-electron chi connectivity index (χ4n) is 3.02. The summed E-state index contributed by atoms with van der Waals surface area (Å²) in [5, 5.41) is 10.5. The van der Waals surface area contributed by atoms with Crippen LogP contribution in [0.2, 0.25) is 5.02 Å². The lowest BCUT2D eigenvalue weighted by Gasteiger charge is -2.12. The van der Waals surface area contributed by atoms with Gasteiger partial charge in [-0.3, -0.25) is 4.79 Å². The second-order valence-electron chi connectivity index (χ2n) is 6.17. The van der Waals surface area contributed by atoms with Crippen LogP contribution in [0.3, 0.4) is 0 Å². The molecule has 1 heterocycles. The SMILES string of the molecule is CCCc1c[nH]c2ccc(Oc3c(C)cc(CC(=O)O)cc3Cl)cc12. The quantitative estimate of drug-likeness (QED) is 0.612. The largest absolute Gasteiger partial charge is 0.481 e. The lowest BCUT2D eigenvalue weighted by Crippen LogP contribution is -2.01. The summed E-state index contributed by atoms with van der Waals surface area (Å²) >= 11 is 6.32. The molecule has 4 nitrogen and oxygen atoms in total. The van der Waals surface area contributed by atoms with Crippen molar-refractivity contribution in [3.63, 3.8) is 0 Å². The van der Waals surface area contributed by atoms with Crippen LogP contribution in [0.5, 0.6) is 11.5 Å². The molecule has 3 aromatic rings. The van der Waals surface area contributed by atoms with Crippen molar-refractivity contribution in [1.29, 1.82) is 0 Å². The number of nitrogens with one attached hydrogen (secondary N) is 1. The van der Waals surface area contributed by atoms with E-state index in [-0.39, 0.29) is 6.42 Å². The first-order valence-electron chi connectivity index (χ1n) is 8.26. The Morgan fingerprint density at radius 3 is 2.76 bits per heavy atom. The van der Waals surface area contributed by atoms with Gasteiger partial charge < -0.3 is 14.8 Å². The summed E-state index contributed by atoms with van der Waals surface area (Å²) in [4.78, 5) is 14.1. The number of aliphatic carboxylic acids is 1. The number of ether oxygens (including phenoxy) is 1. The molecular weight excluding hydrogens is 338 g/mol. The van der Waals surface area contributed by atoms with Gasteiger partial charge in [0.1, 0.15) is 11.5 Å². The van der Waals surface area contributed by atoms with E-state index in [0.29, 0.717) is 22.1 Å². The van der Waals surface area contributed by atoms with Crippen molar-refractivity contribution in [2.75, 3.05) is 0 Å². The molecule has 0 radical (unpaired) electrons. The molecule has 25 heavy (non-hydrogen) atoms. The number of hydrogen-bond acceptors (Lipinski definition) is 2. The van der Waals surface area contributed by atoms with Crippen LogP contribution in [0.25, 0.3) is 10.9 Å². The van der Waals surface area contributed by atoms with Crippen LogP contribution < -0.4 is 4.74 Å². The molecule has 0 bridgehead atoms. The van der Waals surface area contributed by atoms with Gasteiger partial charge in [0.2, 0.25) is 0 Å². The number of H-pyrrole nitrogens is 1. The van der Waals surface area contributed by atoms with Gasteiger partial charge in [-0.25, -0.2) is 0 Å². The van der Waals surface area contributed by atoms with Gasteiger partial charge in [-0.1, -0.05) is 31.0 Å². The lowest BCUT2D eigenvalue weighted by atomic mass is 10.1.